The minimum atomic E-state index is -0.531. The molecule has 0 saturated heterocycles. The Balaban J connectivity index is 1.60. The van der Waals surface area contributed by atoms with Crippen LogP contribution in [0.1, 0.15) is 43.6 Å². The van der Waals surface area contributed by atoms with E-state index in [1.165, 1.54) is 25.1 Å². The van der Waals surface area contributed by atoms with E-state index in [0.29, 0.717) is 27.6 Å². The maximum Gasteiger partial charge on any atom is 0.339 e. The van der Waals surface area contributed by atoms with Crippen LogP contribution in [0, 0.1) is 0 Å². The topological polar surface area (TPSA) is 108 Å². The second-order valence-corrected chi connectivity index (χ2v) is 9.28. The smallest absolute Gasteiger partial charge is 0.339 e. The van der Waals surface area contributed by atoms with Crippen LogP contribution in [0.5, 0.6) is 0 Å². The van der Waals surface area contributed by atoms with Crippen molar-refractivity contribution in [3.8, 4) is 0 Å². The van der Waals surface area contributed by atoms with Crippen LogP contribution in [-0.4, -0.2) is 44.1 Å². The predicted octanol–water partition coefficient (Wildman–Crippen LogP) is 2.81. The van der Waals surface area contributed by atoms with Crippen LogP contribution in [0.2, 0.25) is 0 Å². The molecule has 1 aromatic carbocycles. The number of anilines is 1. The molecule has 1 aliphatic rings. The zero-order valence-corrected chi connectivity index (χ0v) is 18.5. The van der Waals surface area contributed by atoms with Gasteiger partial charge in [-0.15, -0.1) is 0 Å². The molecule has 9 nitrogen and oxygen atoms in total. The number of nitrogens with one attached hydrogen (secondary N) is 1. The number of methoxy groups -OCH3 is 1. The van der Waals surface area contributed by atoms with E-state index in [0.717, 1.165) is 0 Å². The summed E-state index contributed by atoms with van der Waals surface area (Å²) in [6, 6.07) is 6.30. The third kappa shape index (κ3) is 3.83. The van der Waals surface area contributed by atoms with Gasteiger partial charge >= 0.3 is 5.97 Å². The molecular weight excluding hydrogens is 418 g/mol. The Hall–Kier alpha value is -3.14. The Morgan fingerprint density at radius 3 is 2.74 bits per heavy atom. The number of esters is 1. The van der Waals surface area contributed by atoms with Gasteiger partial charge in [-0.2, -0.15) is 5.10 Å². The van der Waals surface area contributed by atoms with Crippen molar-refractivity contribution in [2.75, 3.05) is 18.2 Å². The average Bonchev–Trinajstić information content (AvgIpc) is 3.32. The van der Waals surface area contributed by atoms with Crippen molar-refractivity contribution in [1.29, 1.82) is 0 Å². The van der Waals surface area contributed by atoms with E-state index in [1.54, 1.807) is 33.5 Å². The second kappa shape index (κ2) is 7.84. The van der Waals surface area contributed by atoms with Gasteiger partial charge in [-0.3, -0.25) is 14.2 Å². The molecule has 0 bridgehead atoms. The van der Waals surface area contributed by atoms with Crippen LogP contribution in [-0.2, 0) is 15.1 Å². The van der Waals surface area contributed by atoms with E-state index < -0.39 is 5.97 Å². The summed E-state index contributed by atoms with van der Waals surface area (Å²) in [4.78, 5) is 42.5. The Morgan fingerprint density at radius 2 is 2.03 bits per heavy atom. The van der Waals surface area contributed by atoms with E-state index >= 15 is 0 Å². The Bertz CT molecular complexity index is 1240. The number of benzene rings is 1. The summed E-state index contributed by atoms with van der Waals surface area (Å²) in [5.41, 5.74) is 0.685. The fourth-order valence-electron chi connectivity index (χ4n) is 3.57. The van der Waals surface area contributed by atoms with Crippen molar-refractivity contribution in [3.63, 3.8) is 0 Å². The molecule has 1 unspecified atom stereocenters. The predicted molar refractivity (Wildman–Crippen MR) is 118 cm³/mol. The summed E-state index contributed by atoms with van der Waals surface area (Å²) in [5.74, 6) is -0.271. The van der Waals surface area contributed by atoms with Crippen molar-refractivity contribution < 1.29 is 14.3 Å². The number of rotatable bonds is 4. The van der Waals surface area contributed by atoms with E-state index in [4.69, 9.17) is 4.74 Å². The summed E-state index contributed by atoms with van der Waals surface area (Å²) >= 11 is 1.44. The lowest BCUT2D eigenvalue weighted by molar-refractivity contribution is -0.116. The number of nitrogens with zero attached hydrogens (tertiary/aromatic N) is 4. The lowest BCUT2D eigenvalue weighted by atomic mass is 10.1. The minimum Gasteiger partial charge on any atom is -0.465 e. The SMILES string of the molecule is COC(=O)c1ccccc1NC(=O)CC1CSc2nc3c(cnn3C(C)(C)C)c(=O)n21. The van der Waals surface area contributed by atoms with E-state index in [2.05, 4.69) is 15.4 Å². The second-order valence-electron chi connectivity index (χ2n) is 8.29. The van der Waals surface area contributed by atoms with Gasteiger partial charge in [-0.1, -0.05) is 23.9 Å². The number of carbonyl (C=O) groups excluding carboxylic acids is 2. The first-order valence-corrected chi connectivity index (χ1v) is 10.8. The minimum absolute atomic E-state index is 0.0794. The third-order valence-corrected chi connectivity index (χ3v) is 6.13. The molecule has 1 N–H and O–H groups in total. The Labute approximate surface area is 182 Å². The molecule has 3 heterocycles. The third-order valence-electron chi connectivity index (χ3n) is 5.03. The van der Waals surface area contributed by atoms with E-state index in [-0.39, 0.29) is 35.0 Å². The fourth-order valence-corrected chi connectivity index (χ4v) is 4.70. The van der Waals surface area contributed by atoms with Crippen LogP contribution in [0.15, 0.2) is 40.4 Å². The zero-order chi connectivity index (χ0) is 22.3. The molecule has 0 spiro atoms. The molecule has 31 heavy (non-hydrogen) atoms. The monoisotopic (exact) mass is 441 g/mol. The van der Waals surface area contributed by atoms with Crippen molar-refractivity contribution >= 4 is 40.4 Å². The van der Waals surface area contributed by atoms with Crippen LogP contribution >= 0.6 is 11.8 Å². The highest BCUT2D eigenvalue weighted by Gasteiger charge is 2.31. The summed E-state index contributed by atoms with van der Waals surface area (Å²) in [5, 5.41) is 8.13. The molecule has 4 rings (SSSR count). The van der Waals surface area contributed by atoms with Crippen LogP contribution in [0.25, 0.3) is 11.0 Å². The maximum atomic E-state index is 13.2. The molecule has 2 aromatic heterocycles. The van der Waals surface area contributed by atoms with Crippen LogP contribution < -0.4 is 10.9 Å². The fraction of sp³-hybridized carbons (Fsp3) is 0.381. The van der Waals surface area contributed by atoms with Crippen molar-refractivity contribution in [2.24, 2.45) is 0 Å². The Morgan fingerprint density at radius 1 is 1.29 bits per heavy atom. The normalized spacial score (nSPS) is 15.7. The van der Waals surface area contributed by atoms with Crippen molar-refractivity contribution in [3.05, 3.63) is 46.4 Å². The highest BCUT2D eigenvalue weighted by atomic mass is 32.2. The highest BCUT2D eigenvalue weighted by Crippen LogP contribution is 2.34. The molecule has 0 aliphatic carbocycles. The number of para-hydroxylation sites is 1. The average molecular weight is 442 g/mol. The molecular formula is C21H23N5O4S. The lowest BCUT2D eigenvalue weighted by Crippen LogP contribution is -2.29. The van der Waals surface area contributed by atoms with E-state index in [9.17, 15) is 14.4 Å². The number of ether oxygens (including phenoxy) is 1. The molecule has 162 valence electrons. The van der Waals surface area contributed by atoms with Gasteiger partial charge in [0.1, 0.15) is 5.39 Å². The quantitative estimate of drug-likeness (QED) is 0.490. The molecule has 3 aromatic rings. The molecule has 0 radical (unpaired) electrons. The summed E-state index contributed by atoms with van der Waals surface area (Å²) in [7, 11) is 1.29. The van der Waals surface area contributed by atoms with Gasteiger partial charge in [0.2, 0.25) is 5.91 Å². The zero-order valence-electron chi connectivity index (χ0n) is 17.7. The summed E-state index contributed by atoms with van der Waals surface area (Å²) < 4.78 is 8.09. The number of carbonyl (C=O) groups is 2. The number of amides is 1. The number of fused-ring (bicyclic) bond motifs is 2. The number of hydrogen-bond acceptors (Lipinski definition) is 7. The molecule has 0 fully saturated rings. The molecule has 1 aliphatic heterocycles. The van der Waals surface area contributed by atoms with Gasteiger partial charge in [-0.25, -0.2) is 14.5 Å². The van der Waals surface area contributed by atoms with Crippen LogP contribution in [0.4, 0.5) is 5.69 Å². The Kier molecular flexibility index (Phi) is 5.34. The number of hydrogen-bond donors (Lipinski definition) is 1. The number of aromatic nitrogens is 4. The first kappa shape index (κ1) is 21.1. The maximum absolute atomic E-state index is 13.2. The standard InChI is InChI=1S/C21H23N5O4S/c1-21(2,3)26-17-14(10-22-26)18(28)25-12(11-31-20(25)24-17)9-16(27)23-15-8-6-5-7-13(15)19(29)30-4/h5-8,10,12H,9,11H2,1-4H3,(H,23,27). The van der Waals surface area contributed by atoms with Gasteiger partial charge < -0.3 is 10.1 Å². The largest absolute Gasteiger partial charge is 0.465 e. The molecule has 0 saturated carbocycles. The summed E-state index contributed by atoms with van der Waals surface area (Å²) in [6.07, 6.45) is 1.62. The molecule has 1 atom stereocenters. The van der Waals surface area contributed by atoms with Crippen LogP contribution in [0.3, 0.4) is 0 Å². The highest BCUT2D eigenvalue weighted by molar-refractivity contribution is 7.99. The lowest BCUT2D eigenvalue weighted by Gasteiger charge is -2.20. The molecule has 10 heteroatoms. The van der Waals surface area contributed by atoms with Gasteiger partial charge in [0, 0.05) is 12.2 Å². The van der Waals surface area contributed by atoms with Gasteiger partial charge in [0.05, 0.1) is 36.1 Å². The van der Waals surface area contributed by atoms with Gasteiger partial charge in [0.25, 0.3) is 5.56 Å². The van der Waals surface area contributed by atoms with E-state index in [1.807, 2.05) is 20.8 Å². The first-order valence-electron chi connectivity index (χ1n) is 9.81. The van der Waals surface area contributed by atoms with Gasteiger partial charge in [0.15, 0.2) is 10.8 Å². The van der Waals surface area contributed by atoms with Crippen molar-refractivity contribution in [2.45, 2.75) is 43.9 Å². The first-order chi connectivity index (χ1) is 14.7. The molecule has 1 amide bonds. The summed E-state index contributed by atoms with van der Waals surface area (Å²) in [6.45, 7) is 6.00. The van der Waals surface area contributed by atoms with Gasteiger partial charge in [-0.05, 0) is 32.9 Å². The van der Waals surface area contributed by atoms with Crippen molar-refractivity contribution in [1.82, 2.24) is 19.3 Å². The number of thioether (sulfide) groups is 1.